The van der Waals surface area contributed by atoms with Gasteiger partial charge in [0.2, 0.25) is 6.39 Å². The summed E-state index contributed by atoms with van der Waals surface area (Å²) in [6.45, 7) is 0.453. The van der Waals surface area contributed by atoms with Crippen LogP contribution in [-0.2, 0) is 6.42 Å². The quantitative estimate of drug-likeness (QED) is 0.565. The van der Waals surface area contributed by atoms with E-state index in [0.717, 1.165) is 0 Å². The molecule has 1 N–H and O–H groups in total. The SMILES string of the molecule is O=[N+]([O-])c1cnc2ccccc2c1NCCc1ncon1. The van der Waals surface area contributed by atoms with Crippen LogP contribution in [0.5, 0.6) is 0 Å². The molecular weight excluding hydrogens is 274 g/mol. The van der Waals surface area contributed by atoms with E-state index in [2.05, 4.69) is 25.0 Å². The Hall–Kier alpha value is -3.03. The van der Waals surface area contributed by atoms with Crippen LogP contribution in [0.2, 0.25) is 0 Å². The number of aromatic nitrogens is 3. The fourth-order valence-corrected chi connectivity index (χ4v) is 2.06. The monoisotopic (exact) mass is 285 g/mol. The zero-order valence-corrected chi connectivity index (χ0v) is 10.9. The van der Waals surface area contributed by atoms with Crippen molar-refractivity contribution in [1.29, 1.82) is 0 Å². The molecule has 1 aromatic carbocycles. The maximum absolute atomic E-state index is 11.1. The van der Waals surface area contributed by atoms with E-state index in [0.29, 0.717) is 35.4 Å². The number of nitro groups is 1. The molecular formula is C13H11N5O3. The molecule has 2 heterocycles. The Balaban J connectivity index is 1.90. The van der Waals surface area contributed by atoms with E-state index in [9.17, 15) is 10.1 Å². The molecule has 0 amide bonds. The van der Waals surface area contributed by atoms with Crippen LogP contribution in [0, 0.1) is 10.1 Å². The van der Waals surface area contributed by atoms with Crippen molar-refractivity contribution < 1.29 is 9.45 Å². The molecule has 0 aliphatic heterocycles. The zero-order chi connectivity index (χ0) is 14.7. The second-order valence-electron chi connectivity index (χ2n) is 4.32. The van der Waals surface area contributed by atoms with Gasteiger partial charge in [0.25, 0.3) is 0 Å². The number of para-hydroxylation sites is 1. The van der Waals surface area contributed by atoms with E-state index in [-0.39, 0.29) is 5.69 Å². The van der Waals surface area contributed by atoms with Crippen LogP contribution in [0.15, 0.2) is 41.4 Å². The van der Waals surface area contributed by atoms with Gasteiger partial charge in [-0.25, -0.2) is 4.98 Å². The van der Waals surface area contributed by atoms with Gasteiger partial charge in [-0.1, -0.05) is 23.4 Å². The summed E-state index contributed by atoms with van der Waals surface area (Å²) in [5, 5.41) is 18.6. The minimum Gasteiger partial charge on any atom is -0.378 e. The predicted molar refractivity (Wildman–Crippen MR) is 74.9 cm³/mol. The van der Waals surface area contributed by atoms with Crippen molar-refractivity contribution in [3.8, 4) is 0 Å². The summed E-state index contributed by atoms with van der Waals surface area (Å²) in [6.07, 6.45) is 3.02. The minimum atomic E-state index is -0.448. The first kappa shape index (κ1) is 13.0. The van der Waals surface area contributed by atoms with Gasteiger partial charge in [-0.3, -0.25) is 10.1 Å². The summed E-state index contributed by atoms with van der Waals surface area (Å²) in [7, 11) is 0. The Morgan fingerprint density at radius 2 is 2.14 bits per heavy atom. The first-order valence-electron chi connectivity index (χ1n) is 6.27. The Morgan fingerprint density at radius 1 is 1.29 bits per heavy atom. The van der Waals surface area contributed by atoms with E-state index < -0.39 is 4.92 Å². The Kier molecular flexibility index (Phi) is 3.42. The summed E-state index contributed by atoms with van der Waals surface area (Å²) in [4.78, 5) is 18.7. The van der Waals surface area contributed by atoms with E-state index in [1.165, 1.54) is 12.6 Å². The largest absolute Gasteiger partial charge is 0.378 e. The normalized spacial score (nSPS) is 10.7. The van der Waals surface area contributed by atoms with E-state index in [4.69, 9.17) is 0 Å². The van der Waals surface area contributed by atoms with Gasteiger partial charge in [0, 0.05) is 18.4 Å². The average molecular weight is 285 g/mol. The molecule has 106 valence electrons. The molecule has 0 saturated carbocycles. The van der Waals surface area contributed by atoms with Gasteiger partial charge in [0.05, 0.1) is 10.4 Å². The van der Waals surface area contributed by atoms with Crippen LogP contribution in [0.25, 0.3) is 10.9 Å². The van der Waals surface area contributed by atoms with Crippen molar-refractivity contribution >= 4 is 22.3 Å². The minimum absolute atomic E-state index is 0.0539. The smallest absolute Gasteiger partial charge is 0.311 e. The lowest BCUT2D eigenvalue weighted by atomic mass is 10.1. The van der Waals surface area contributed by atoms with Crippen LogP contribution in [0.4, 0.5) is 11.4 Å². The molecule has 0 spiro atoms. The summed E-state index contributed by atoms with van der Waals surface area (Å²) < 4.78 is 4.64. The summed E-state index contributed by atoms with van der Waals surface area (Å²) in [5.74, 6) is 0.545. The molecule has 2 aromatic heterocycles. The molecule has 0 saturated heterocycles. The highest BCUT2D eigenvalue weighted by molar-refractivity contribution is 5.95. The number of nitrogens with one attached hydrogen (secondary N) is 1. The van der Waals surface area contributed by atoms with E-state index >= 15 is 0 Å². The van der Waals surface area contributed by atoms with Crippen LogP contribution in [-0.4, -0.2) is 26.6 Å². The van der Waals surface area contributed by atoms with Crippen molar-refractivity contribution in [2.75, 3.05) is 11.9 Å². The highest BCUT2D eigenvalue weighted by Gasteiger charge is 2.17. The molecule has 0 fully saturated rings. The number of anilines is 1. The number of hydrogen-bond donors (Lipinski definition) is 1. The number of pyridine rings is 1. The Morgan fingerprint density at radius 3 is 2.90 bits per heavy atom. The summed E-state index contributed by atoms with van der Waals surface area (Å²) in [6, 6.07) is 7.26. The molecule has 8 heteroatoms. The number of rotatable bonds is 5. The van der Waals surface area contributed by atoms with Crippen LogP contribution in [0.3, 0.4) is 0 Å². The van der Waals surface area contributed by atoms with Crippen LogP contribution >= 0.6 is 0 Å². The third-order valence-electron chi connectivity index (χ3n) is 3.01. The van der Waals surface area contributed by atoms with Gasteiger partial charge in [0.15, 0.2) is 5.82 Å². The number of hydrogen-bond acceptors (Lipinski definition) is 7. The second-order valence-corrected chi connectivity index (χ2v) is 4.32. The maximum Gasteiger partial charge on any atom is 0.311 e. The van der Waals surface area contributed by atoms with Gasteiger partial charge < -0.3 is 9.84 Å². The average Bonchev–Trinajstić information content (AvgIpc) is 3.00. The van der Waals surface area contributed by atoms with Gasteiger partial charge in [0.1, 0.15) is 11.9 Å². The van der Waals surface area contributed by atoms with E-state index in [1.54, 1.807) is 6.07 Å². The maximum atomic E-state index is 11.1. The molecule has 0 bridgehead atoms. The van der Waals surface area contributed by atoms with E-state index in [1.807, 2.05) is 18.2 Å². The molecule has 0 aliphatic rings. The Labute approximate surface area is 119 Å². The first-order chi connectivity index (χ1) is 10.3. The molecule has 0 atom stereocenters. The summed E-state index contributed by atoms with van der Waals surface area (Å²) in [5.41, 5.74) is 1.10. The van der Waals surface area contributed by atoms with Crippen molar-refractivity contribution in [2.45, 2.75) is 6.42 Å². The molecule has 21 heavy (non-hydrogen) atoms. The molecule has 3 rings (SSSR count). The zero-order valence-electron chi connectivity index (χ0n) is 10.9. The highest BCUT2D eigenvalue weighted by Crippen LogP contribution is 2.31. The fourth-order valence-electron chi connectivity index (χ4n) is 2.06. The van der Waals surface area contributed by atoms with Gasteiger partial charge >= 0.3 is 5.69 Å². The fraction of sp³-hybridized carbons (Fsp3) is 0.154. The molecule has 0 radical (unpaired) electrons. The second kappa shape index (κ2) is 5.53. The Bertz CT molecular complexity index is 773. The van der Waals surface area contributed by atoms with Crippen molar-refractivity contribution in [1.82, 2.24) is 15.1 Å². The highest BCUT2D eigenvalue weighted by atomic mass is 16.6. The third kappa shape index (κ3) is 2.64. The van der Waals surface area contributed by atoms with Crippen molar-refractivity contribution in [3.63, 3.8) is 0 Å². The topological polar surface area (TPSA) is 107 Å². The molecule has 0 aliphatic carbocycles. The van der Waals surface area contributed by atoms with Gasteiger partial charge in [-0.15, -0.1) is 0 Å². The van der Waals surface area contributed by atoms with Crippen molar-refractivity contribution in [3.05, 3.63) is 52.8 Å². The number of fused-ring (bicyclic) bond motifs is 1. The predicted octanol–water partition coefficient (Wildman–Crippen LogP) is 2.18. The summed E-state index contributed by atoms with van der Waals surface area (Å²) >= 11 is 0. The lowest BCUT2D eigenvalue weighted by Gasteiger charge is -2.09. The van der Waals surface area contributed by atoms with Gasteiger partial charge in [-0.05, 0) is 6.07 Å². The lowest BCUT2D eigenvalue weighted by molar-refractivity contribution is -0.384. The first-order valence-corrected chi connectivity index (χ1v) is 6.27. The number of benzene rings is 1. The third-order valence-corrected chi connectivity index (χ3v) is 3.01. The lowest BCUT2D eigenvalue weighted by Crippen LogP contribution is -2.08. The van der Waals surface area contributed by atoms with Crippen LogP contribution in [0.1, 0.15) is 5.82 Å². The number of nitrogens with zero attached hydrogens (tertiary/aromatic N) is 4. The van der Waals surface area contributed by atoms with Crippen LogP contribution < -0.4 is 5.32 Å². The molecule has 8 nitrogen and oxygen atoms in total. The standard InChI is InChI=1S/C13H11N5O3/c19-18(20)11-7-15-10-4-2-1-3-9(10)13(11)14-6-5-12-16-8-21-17-12/h1-4,7-8H,5-6H2,(H,14,15). The molecule has 3 aromatic rings. The van der Waals surface area contributed by atoms with Gasteiger partial charge in [-0.2, -0.15) is 4.98 Å². The van der Waals surface area contributed by atoms with Crippen molar-refractivity contribution in [2.24, 2.45) is 0 Å². The molecule has 0 unspecified atom stereocenters.